The number of methoxy groups -OCH3 is 1. The molecule has 1 aliphatic rings. The van der Waals surface area contributed by atoms with Crippen molar-refractivity contribution < 1.29 is 19.6 Å². The SMILES string of the molecule is COc1cc(/C=C2\SC(=S)N(CNc3cccc([N+](=O)[O-])c3)C2=O)ccc1O. The Morgan fingerprint density at radius 2 is 2.14 bits per heavy atom. The molecule has 0 radical (unpaired) electrons. The lowest BCUT2D eigenvalue weighted by Crippen LogP contribution is -2.33. The highest BCUT2D eigenvalue weighted by molar-refractivity contribution is 8.26. The summed E-state index contributed by atoms with van der Waals surface area (Å²) in [5.74, 6) is 0.0323. The van der Waals surface area contributed by atoms with Crippen LogP contribution in [0.3, 0.4) is 0 Å². The Bertz CT molecular complexity index is 993. The minimum absolute atomic E-state index is 0.00773. The molecule has 28 heavy (non-hydrogen) atoms. The molecule has 2 aromatic rings. The monoisotopic (exact) mass is 417 g/mol. The Hall–Kier alpha value is -3.11. The van der Waals surface area contributed by atoms with Gasteiger partial charge in [-0.15, -0.1) is 0 Å². The quantitative estimate of drug-likeness (QED) is 0.318. The van der Waals surface area contributed by atoms with Gasteiger partial charge in [0.2, 0.25) is 0 Å². The van der Waals surface area contributed by atoms with Gasteiger partial charge in [-0.2, -0.15) is 0 Å². The van der Waals surface area contributed by atoms with Gasteiger partial charge in [0.15, 0.2) is 11.5 Å². The smallest absolute Gasteiger partial charge is 0.271 e. The van der Waals surface area contributed by atoms with E-state index >= 15 is 0 Å². The average Bonchev–Trinajstić information content (AvgIpc) is 2.94. The van der Waals surface area contributed by atoms with Crippen LogP contribution in [0.2, 0.25) is 0 Å². The van der Waals surface area contributed by atoms with Gasteiger partial charge in [0.25, 0.3) is 11.6 Å². The highest BCUT2D eigenvalue weighted by Gasteiger charge is 2.31. The van der Waals surface area contributed by atoms with Gasteiger partial charge in [-0.05, 0) is 29.8 Å². The van der Waals surface area contributed by atoms with Gasteiger partial charge in [-0.1, -0.05) is 36.1 Å². The predicted octanol–water partition coefficient (Wildman–Crippen LogP) is 3.58. The molecule has 0 spiro atoms. The van der Waals surface area contributed by atoms with E-state index in [1.54, 1.807) is 30.3 Å². The van der Waals surface area contributed by atoms with Crippen LogP contribution in [0, 0.1) is 10.1 Å². The zero-order chi connectivity index (χ0) is 20.3. The van der Waals surface area contributed by atoms with Gasteiger partial charge in [0.1, 0.15) is 4.32 Å². The summed E-state index contributed by atoms with van der Waals surface area (Å²) in [6.07, 6.45) is 1.66. The number of carbonyl (C=O) groups is 1. The van der Waals surface area contributed by atoms with Crippen molar-refractivity contribution in [3.05, 3.63) is 63.0 Å². The number of nitro benzene ring substituents is 1. The first kappa shape index (κ1) is 19.6. The molecule has 2 N–H and O–H groups in total. The molecule has 0 unspecified atom stereocenters. The molecule has 1 saturated heterocycles. The lowest BCUT2D eigenvalue weighted by molar-refractivity contribution is -0.384. The largest absolute Gasteiger partial charge is 0.504 e. The van der Waals surface area contributed by atoms with Crippen LogP contribution in [0.5, 0.6) is 11.5 Å². The van der Waals surface area contributed by atoms with E-state index in [4.69, 9.17) is 17.0 Å². The number of hydrogen-bond acceptors (Lipinski definition) is 8. The summed E-state index contributed by atoms with van der Waals surface area (Å²) in [5.41, 5.74) is 1.15. The van der Waals surface area contributed by atoms with Crippen LogP contribution in [-0.4, -0.2) is 38.9 Å². The van der Waals surface area contributed by atoms with Gasteiger partial charge < -0.3 is 15.2 Å². The number of benzene rings is 2. The number of aromatic hydroxyl groups is 1. The van der Waals surface area contributed by atoms with E-state index in [1.807, 2.05) is 0 Å². The number of carbonyl (C=O) groups excluding carboxylic acids is 1. The highest BCUT2D eigenvalue weighted by Crippen LogP contribution is 2.34. The van der Waals surface area contributed by atoms with Crippen molar-refractivity contribution in [2.75, 3.05) is 19.1 Å². The Morgan fingerprint density at radius 3 is 2.86 bits per heavy atom. The molecule has 0 aromatic heterocycles. The van der Waals surface area contributed by atoms with Crippen LogP contribution in [0.1, 0.15) is 5.56 Å². The van der Waals surface area contributed by atoms with E-state index in [0.717, 1.165) is 11.8 Å². The number of anilines is 1. The fourth-order valence-electron chi connectivity index (χ4n) is 2.47. The molecule has 144 valence electrons. The number of thiocarbonyl (C=S) groups is 1. The number of amides is 1. The van der Waals surface area contributed by atoms with Crippen LogP contribution in [0.25, 0.3) is 6.08 Å². The minimum atomic E-state index is -0.487. The molecule has 0 aliphatic carbocycles. The Morgan fingerprint density at radius 1 is 1.36 bits per heavy atom. The van der Waals surface area contributed by atoms with E-state index < -0.39 is 4.92 Å². The number of nitro groups is 1. The van der Waals surface area contributed by atoms with Crippen molar-refractivity contribution in [1.82, 2.24) is 4.90 Å². The average molecular weight is 417 g/mol. The Balaban J connectivity index is 1.73. The molecule has 1 amide bonds. The third-order valence-electron chi connectivity index (χ3n) is 3.87. The van der Waals surface area contributed by atoms with Crippen LogP contribution < -0.4 is 10.1 Å². The van der Waals surface area contributed by atoms with Gasteiger partial charge in [-0.3, -0.25) is 19.8 Å². The fourth-order valence-corrected chi connectivity index (χ4v) is 3.73. The lowest BCUT2D eigenvalue weighted by Gasteiger charge is -2.16. The first-order valence-corrected chi connectivity index (χ1v) is 9.22. The van der Waals surface area contributed by atoms with E-state index in [-0.39, 0.29) is 24.0 Å². The zero-order valence-corrected chi connectivity index (χ0v) is 16.3. The maximum absolute atomic E-state index is 12.7. The molecule has 3 rings (SSSR count). The van der Waals surface area contributed by atoms with Crippen LogP contribution in [0.4, 0.5) is 11.4 Å². The van der Waals surface area contributed by atoms with Crippen molar-refractivity contribution in [3.63, 3.8) is 0 Å². The Kier molecular flexibility index (Phi) is 5.81. The minimum Gasteiger partial charge on any atom is -0.504 e. The summed E-state index contributed by atoms with van der Waals surface area (Å²) in [7, 11) is 1.44. The number of ether oxygens (including phenoxy) is 1. The summed E-state index contributed by atoms with van der Waals surface area (Å²) in [6.45, 7) is 0.0854. The molecular formula is C18H15N3O5S2. The second-order valence-electron chi connectivity index (χ2n) is 5.68. The molecule has 1 fully saturated rings. The molecule has 0 saturated carbocycles. The molecule has 1 aliphatic heterocycles. The van der Waals surface area contributed by atoms with Gasteiger partial charge in [0.05, 0.1) is 23.6 Å². The van der Waals surface area contributed by atoms with Crippen LogP contribution >= 0.6 is 24.0 Å². The molecule has 1 heterocycles. The second-order valence-corrected chi connectivity index (χ2v) is 7.36. The number of phenols is 1. The molecule has 0 bridgehead atoms. The van der Waals surface area contributed by atoms with E-state index in [9.17, 15) is 20.0 Å². The van der Waals surface area contributed by atoms with Crippen molar-refractivity contribution in [2.24, 2.45) is 0 Å². The van der Waals surface area contributed by atoms with Crippen molar-refractivity contribution in [2.45, 2.75) is 0 Å². The number of hydrogen-bond donors (Lipinski definition) is 2. The second kappa shape index (κ2) is 8.28. The third-order valence-corrected chi connectivity index (χ3v) is 5.25. The summed E-state index contributed by atoms with van der Waals surface area (Å²) in [4.78, 5) is 24.8. The molecule has 2 aromatic carbocycles. The highest BCUT2D eigenvalue weighted by atomic mass is 32.2. The summed E-state index contributed by atoms with van der Waals surface area (Å²) in [5, 5.41) is 23.5. The van der Waals surface area contributed by atoms with Crippen molar-refractivity contribution >= 4 is 51.7 Å². The fraction of sp³-hybridized carbons (Fsp3) is 0.111. The first-order valence-electron chi connectivity index (χ1n) is 7.99. The normalized spacial score (nSPS) is 15.2. The molecular weight excluding hydrogens is 402 g/mol. The zero-order valence-electron chi connectivity index (χ0n) is 14.6. The topological polar surface area (TPSA) is 105 Å². The summed E-state index contributed by atoms with van der Waals surface area (Å²) in [6, 6.07) is 10.8. The maximum Gasteiger partial charge on any atom is 0.271 e. The third kappa shape index (κ3) is 4.24. The summed E-state index contributed by atoms with van der Waals surface area (Å²) >= 11 is 6.43. The molecule has 0 atom stereocenters. The van der Waals surface area contributed by atoms with Crippen LogP contribution in [0.15, 0.2) is 47.4 Å². The van der Waals surface area contributed by atoms with Gasteiger partial charge in [0, 0.05) is 17.8 Å². The van der Waals surface area contributed by atoms with Crippen molar-refractivity contribution in [1.29, 1.82) is 0 Å². The van der Waals surface area contributed by atoms with Gasteiger partial charge in [-0.25, -0.2) is 0 Å². The predicted molar refractivity (Wildman–Crippen MR) is 111 cm³/mol. The van der Waals surface area contributed by atoms with Crippen molar-refractivity contribution in [3.8, 4) is 11.5 Å². The Labute approximate surface area is 169 Å². The van der Waals surface area contributed by atoms with Gasteiger partial charge >= 0.3 is 0 Å². The number of thioether (sulfide) groups is 1. The van der Waals surface area contributed by atoms with E-state index in [2.05, 4.69) is 5.32 Å². The number of nitrogens with zero attached hydrogens (tertiary/aromatic N) is 2. The number of non-ortho nitro benzene ring substituents is 1. The van der Waals surface area contributed by atoms with Crippen LogP contribution in [-0.2, 0) is 4.79 Å². The number of phenolic OH excluding ortho intramolecular Hbond substituents is 1. The maximum atomic E-state index is 12.7. The lowest BCUT2D eigenvalue weighted by atomic mass is 10.2. The standard InChI is InChI=1S/C18H15N3O5S2/c1-26-15-7-11(5-6-14(15)22)8-16-17(23)20(18(27)28-16)10-19-12-3-2-4-13(9-12)21(24)25/h2-9,19,22H,10H2,1H3/b16-8-. The van der Waals surface area contributed by atoms with E-state index in [1.165, 1.54) is 30.2 Å². The van der Waals surface area contributed by atoms with E-state index in [0.29, 0.717) is 26.2 Å². The summed E-state index contributed by atoms with van der Waals surface area (Å²) < 4.78 is 5.44. The number of nitrogens with one attached hydrogen (secondary N) is 1. The molecule has 10 heteroatoms. The molecule has 8 nitrogen and oxygen atoms in total. The number of rotatable bonds is 6. The first-order chi connectivity index (χ1) is 13.4.